The van der Waals surface area contributed by atoms with Crippen LogP contribution in [0.1, 0.15) is 56.2 Å². The van der Waals surface area contributed by atoms with Crippen molar-refractivity contribution in [2.45, 2.75) is 58.0 Å². The first-order chi connectivity index (χ1) is 12.0. The lowest BCUT2D eigenvalue weighted by Gasteiger charge is -2.40. The van der Waals surface area contributed by atoms with E-state index in [-0.39, 0.29) is 30.7 Å². The van der Waals surface area contributed by atoms with E-state index in [1.807, 2.05) is 36.1 Å². The largest absolute Gasteiger partial charge is 0.341 e. The number of carbonyl (C=O) groups excluding carboxylic acids is 1. The van der Waals surface area contributed by atoms with E-state index in [9.17, 15) is 4.79 Å². The summed E-state index contributed by atoms with van der Waals surface area (Å²) in [6.45, 7) is 8.46. The number of nitrogens with zero attached hydrogens (tertiary/aromatic N) is 2. The summed E-state index contributed by atoms with van der Waals surface area (Å²) in [5.74, 6) is 0.670. The van der Waals surface area contributed by atoms with Gasteiger partial charge in [0, 0.05) is 25.7 Å². The van der Waals surface area contributed by atoms with Crippen LogP contribution in [0.4, 0.5) is 0 Å². The molecule has 3 atom stereocenters. The quantitative estimate of drug-likeness (QED) is 0.809. The fraction of sp³-hybridized carbons (Fsp3) is 0.667. The van der Waals surface area contributed by atoms with Crippen molar-refractivity contribution in [3.05, 3.63) is 35.4 Å². The number of piperidine rings is 2. The van der Waals surface area contributed by atoms with Crippen molar-refractivity contribution in [2.75, 3.05) is 26.2 Å². The van der Waals surface area contributed by atoms with Crippen molar-refractivity contribution < 1.29 is 4.79 Å². The van der Waals surface area contributed by atoms with Gasteiger partial charge in [0.05, 0.1) is 0 Å². The normalized spacial score (nSPS) is 24.5. The summed E-state index contributed by atoms with van der Waals surface area (Å²) in [5, 5.41) is 0. The third-order valence-electron chi connectivity index (χ3n) is 5.97. The molecule has 3 unspecified atom stereocenters. The highest BCUT2D eigenvalue weighted by molar-refractivity contribution is 5.85. The number of hydrogen-bond donors (Lipinski definition) is 1. The van der Waals surface area contributed by atoms with Crippen LogP contribution >= 0.6 is 24.8 Å². The molecule has 2 fully saturated rings. The Morgan fingerprint density at radius 1 is 1.11 bits per heavy atom. The van der Waals surface area contributed by atoms with E-state index in [0.29, 0.717) is 12.0 Å². The van der Waals surface area contributed by atoms with Gasteiger partial charge in [0.15, 0.2) is 0 Å². The molecule has 0 saturated carbocycles. The molecule has 6 heteroatoms. The Bertz CT molecular complexity index is 581. The molecule has 1 amide bonds. The Morgan fingerprint density at radius 3 is 2.48 bits per heavy atom. The van der Waals surface area contributed by atoms with Crippen molar-refractivity contribution in [3.8, 4) is 0 Å². The summed E-state index contributed by atoms with van der Waals surface area (Å²) >= 11 is 0. The van der Waals surface area contributed by atoms with Gasteiger partial charge >= 0.3 is 0 Å². The number of rotatable bonds is 4. The number of hydrogen-bond acceptors (Lipinski definition) is 3. The van der Waals surface area contributed by atoms with Crippen LogP contribution in [0.25, 0.3) is 0 Å². The Hall–Kier alpha value is -0.810. The van der Waals surface area contributed by atoms with Crippen LogP contribution in [0.15, 0.2) is 24.3 Å². The molecule has 0 aliphatic carbocycles. The summed E-state index contributed by atoms with van der Waals surface area (Å²) < 4.78 is 0. The molecule has 2 aliphatic heterocycles. The molecule has 2 aliphatic rings. The Morgan fingerprint density at radius 2 is 1.81 bits per heavy atom. The summed E-state index contributed by atoms with van der Waals surface area (Å²) in [4.78, 5) is 17.5. The number of halogens is 2. The highest BCUT2D eigenvalue weighted by Crippen LogP contribution is 2.24. The minimum Gasteiger partial charge on any atom is -0.341 e. The first-order valence-electron chi connectivity index (χ1n) is 9.89. The lowest BCUT2D eigenvalue weighted by atomic mass is 9.94. The second-order valence-corrected chi connectivity index (χ2v) is 8.02. The monoisotopic (exact) mass is 415 g/mol. The maximum atomic E-state index is 12.9. The van der Waals surface area contributed by atoms with Gasteiger partial charge in [0.1, 0.15) is 6.04 Å². The predicted octanol–water partition coefficient (Wildman–Crippen LogP) is 3.95. The van der Waals surface area contributed by atoms with Crippen LogP contribution in [-0.2, 0) is 4.79 Å². The van der Waals surface area contributed by atoms with Gasteiger partial charge in [0.2, 0.25) is 5.91 Å². The fourth-order valence-electron chi connectivity index (χ4n) is 4.29. The van der Waals surface area contributed by atoms with Crippen LogP contribution in [-0.4, -0.2) is 47.9 Å². The summed E-state index contributed by atoms with van der Waals surface area (Å²) in [6.07, 6.45) is 6.32. The minimum absolute atomic E-state index is 0. The number of nitrogens with two attached hydrogens (primary N) is 1. The zero-order valence-corrected chi connectivity index (χ0v) is 18.2. The molecule has 2 saturated heterocycles. The third kappa shape index (κ3) is 6.35. The highest BCUT2D eigenvalue weighted by Gasteiger charge is 2.30. The van der Waals surface area contributed by atoms with Crippen molar-refractivity contribution in [3.63, 3.8) is 0 Å². The van der Waals surface area contributed by atoms with Crippen molar-refractivity contribution in [1.82, 2.24) is 9.80 Å². The predicted molar refractivity (Wildman–Crippen MR) is 117 cm³/mol. The molecular weight excluding hydrogens is 381 g/mol. The molecular formula is C21H35Cl2N3O. The second kappa shape index (κ2) is 11.3. The van der Waals surface area contributed by atoms with E-state index < -0.39 is 6.04 Å². The number of carbonyl (C=O) groups is 1. The molecule has 0 spiro atoms. The van der Waals surface area contributed by atoms with Crippen LogP contribution in [0, 0.1) is 12.8 Å². The van der Waals surface area contributed by atoms with Gasteiger partial charge in [0.25, 0.3) is 0 Å². The molecule has 0 aromatic heterocycles. The number of aryl methyl sites for hydroxylation is 1. The van der Waals surface area contributed by atoms with Crippen LogP contribution in [0.5, 0.6) is 0 Å². The molecule has 2 heterocycles. The van der Waals surface area contributed by atoms with E-state index >= 15 is 0 Å². The molecule has 1 aromatic rings. The van der Waals surface area contributed by atoms with Crippen molar-refractivity contribution in [1.29, 1.82) is 0 Å². The molecule has 0 radical (unpaired) electrons. The maximum Gasteiger partial charge on any atom is 0.244 e. The Kier molecular flexibility index (Phi) is 10.1. The van der Waals surface area contributed by atoms with Crippen LogP contribution < -0.4 is 5.73 Å². The highest BCUT2D eigenvalue weighted by atomic mass is 35.5. The van der Waals surface area contributed by atoms with Gasteiger partial charge in [-0.3, -0.25) is 4.79 Å². The van der Waals surface area contributed by atoms with E-state index in [0.717, 1.165) is 31.6 Å². The fourth-order valence-corrected chi connectivity index (χ4v) is 4.29. The zero-order valence-electron chi connectivity index (χ0n) is 16.6. The van der Waals surface area contributed by atoms with Crippen molar-refractivity contribution >= 4 is 30.7 Å². The summed E-state index contributed by atoms with van der Waals surface area (Å²) in [5.41, 5.74) is 8.38. The van der Waals surface area contributed by atoms with E-state index in [1.54, 1.807) is 0 Å². The number of likely N-dealkylation sites (tertiary alicyclic amines) is 2. The summed E-state index contributed by atoms with van der Waals surface area (Å²) in [7, 11) is 0. The maximum absolute atomic E-state index is 12.9. The topological polar surface area (TPSA) is 49.6 Å². The van der Waals surface area contributed by atoms with Crippen LogP contribution in [0.3, 0.4) is 0 Å². The first-order valence-corrected chi connectivity index (χ1v) is 9.89. The van der Waals surface area contributed by atoms with E-state index in [2.05, 4.69) is 11.8 Å². The lowest BCUT2D eigenvalue weighted by molar-refractivity contribution is -0.134. The molecule has 1 aromatic carbocycles. The van der Waals surface area contributed by atoms with Gasteiger partial charge in [-0.1, -0.05) is 36.2 Å². The standard InChI is InChI=1S/C21H33N3O.2ClH/c1-16-8-10-19(11-9-16)20(22)21(25)24-13-5-7-18(15-24)14-23-12-4-3-6-17(23)2;;/h8-11,17-18,20H,3-7,12-15,22H2,1-2H3;2*1H. The van der Waals surface area contributed by atoms with Gasteiger partial charge in [-0.2, -0.15) is 0 Å². The second-order valence-electron chi connectivity index (χ2n) is 8.02. The van der Waals surface area contributed by atoms with E-state index in [1.165, 1.54) is 37.8 Å². The number of amides is 1. The third-order valence-corrected chi connectivity index (χ3v) is 5.97. The lowest BCUT2D eigenvalue weighted by Crippen LogP contribution is -2.48. The Balaban J connectivity index is 0.00000182. The molecule has 2 N–H and O–H groups in total. The average Bonchev–Trinajstić information content (AvgIpc) is 2.63. The minimum atomic E-state index is -0.534. The zero-order chi connectivity index (χ0) is 17.8. The molecule has 27 heavy (non-hydrogen) atoms. The van der Waals surface area contributed by atoms with Gasteiger partial charge in [-0.25, -0.2) is 0 Å². The number of benzene rings is 1. The smallest absolute Gasteiger partial charge is 0.244 e. The molecule has 3 rings (SSSR count). The van der Waals surface area contributed by atoms with Gasteiger partial charge in [-0.15, -0.1) is 24.8 Å². The first kappa shape index (κ1) is 24.2. The van der Waals surface area contributed by atoms with E-state index in [4.69, 9.17) is 5.73 Å². The molecule has 0 bridgehead atoms. The Labute approximate surface area is 176 Å². The molecule has 154 valence electrons. The SMILES string of the molecule is Cc1ccc(C(N)C(=O)N2CCCC(CN3CCCCC3C)C2)cc1.Cl.Cl. The van der Waals surface area contributed by atoms with Crippen LogP contribution in [0.2, 0.25) is 0 Å². The van der Waals surface area contributed by atoms with Gasteiger partial charge < -0.3 is 15.5 Å². The average molecular weight is 416 g/mol. The molecule has 4 nitrogen and oxygen atoms in total. The van der Waals surface area contributed by atoms with Gasteiger partial charge in [-0.05, 0) is 57.6 Å². The summed E-state index contributed by atoms with van der Waals surface area (Å²) in [6, 6.07) is 8.17. The van der Waals surface area contributed by atoms with Crippen molar-refractivity contribution in [2.24, 2.45) is 11.7 Å².